The van der Waals surface area contributed by atoms with Crippen LogP contribution in [-0.4, -0.2) is 60.0 Å². The topological polar surface area (TPSA) is 65.1 Å². The number of alkyl halides is 2. The lowest BCUT2D eigenvalue weighted by atomic mass is 9.91. The number of rotatable bonds is 11. The number of nitrogens with zero attached hydrogens (tertiary/aromatic N) is 1. The highest BCUT2D eigenvalue weighted by Crippen LogP contribution is 2.43. The quantitative estimate of drug-likeness (QED) is 0.200. The number of ether oxygens (including phenoxy) is 3. The number of benzene rings is 1. The molecule has 2 fully saturated rings. The number of methoxy groups -OCH3 is 1. The first-order valence-electron chi connectivity index (χ1n) is 14.2. The van der Waals surface area contributed by atoms with E-state index in [9.17, 15) is 18.4 Å². The van der Waals surface area contributed by atoms with Gasteiger partial charge in [0.15, 0.2) is 0 Å². The minimum Gasteiger partial charge on any atom is -0.492 e. The third-order valence-corrected chi connectivity index (χ3v) is 8.85. The van der Waals surface area contributed by atoms with Crippen LogP contribution in [0.15, 0.2) is 23.1 Å². The van der Waals surface area contributed by atoms with Crippen molar-refractivity contribution in [2.24, 2.45) is 5.92 Å². The van der Waals surface area contributed by atoms with Gasteiger partial charge in [-0.15, -0.1) is 11.8 Å². The van der Waals surface area contributed by atoms with Gasteiger partial charge in [-0.2, -0.15) is 0 Å². The van der Waals surface area contributed by atoms with Crippen molar-refractivity contribution >= 4 is 23.8 Å². The van der Waals surface area contributed by atoms with Crippen LogP contribution in [0.2, 0.25) is 0 Å². The first kappa shape index (κ1) is 31.5. The first-order chi connectivity index (χ1) is 18.4. The zero-order valence-corrected chi connectivity index (χ0v) is 24.9. The van der Waals surface area contributed by atoms with Crippen LogP contribution in [0.4, 0.5) is 13.6 Å². The molecular formula is C30H45F2NO5S. The molecular weight excluding hydrogens is 524 g/mol. The SMILES string of the molecule is COC(=O)C1CCCC1Sc1ccc(C)cc1OCCCCCN(C(=O)OC(C)(C)C)C1CCC(F)(F)CC1. The summed E-state index contributed by atoms with van der Waals surface area (Å²) in [5.74, 6) is -2.04. The average molecular weight is 570 g/mol. The summed E-state index contributed by atoms with van der Waals surface area (Å²) in [6.07, 6.45) is 5.01. The van der Waals surface area contributed by atoms with Gasteiger partial charge in [0.05, 0.1) is 19.6 Å². The molecule has 2 aliphatic rings. The van der Waals surface area contributed by atoms with E-state index in [0.29, 0.717) is 26.0 Å². The fourth-order valence-electron chi connectivity index (χ4n) is 5.30. The number of esters is 1. The Kier molecular flexibility index (Phi) is 11.3. The van der Waals surface area contributed by atoms with Crippen LogP contribution in [0, 0.1) is 12.8 Å². The van der Waals surface area contributed by atoms with Crippen molar-refractivity contribution in [1.29, 1.82) is 0 Å². The third-order valence-electron chi connectivity index (χ3n) is 7.39. The molecule has 0 spiro atoms. The summed E-state index contributed by atoms with van der Waals surface area (Å²) in [6, 6.07) is 5.94. The first-order valence-corrected chi connectivity index (χ1v) is 15.1. The Hall–Kier alpha value is -2.03. The van der Waals surface area contributed by atoms with Crippen LogP contribution in [0.3, 0.4) is 0 Å². The van der Waals surface area contributed by atoms with Crippen LogP contribution >= 0.6 is 11.8 Å². The molecule has 6 nitrogen and oxygen atoms in total. The van der Waals surface area contributed by atoms with Gasteiger partial charge in [0.25, 0.3) is 0 Å². The number of hydrogen-bond acceptors (Lipinski definition) is 6. The maximum Gasteiger partial charge on any atom is 0.410 e. The van der Waals surface area contributed by atoms with Crippen molar-refractivity contribution in [3.05, 3.63) is 23.8 Å². The number of thioether (sulfide) groups is 1. The zero-order chi connectivity index (χ0) is 28.6. The number of carbonyl (C=O) groups excluding carboxylic acids is 2. The second-order valence-electron chi connectivity index (χ2n) is 11.8. The number of unbranched alkanes of at least 4 members (excludes halogenated alkanes) is 2. The van der Waals surface area contributed by atoms with Crippen molar-refractivity contribution in [2.75, 3.05) is 20.3 Å². The lowest BCUT2D eigenvalue weighted by molar-refractivity contribution is -0.144. The van der Waals surface area contributed by atoms with E-state index < -0.39 is 17.6 Å². The molecule has 0 saturated heterocycles. The Bertz CT molecular complexity index is 957. The Morgan fingerprint density at radius 3 is 2.46 bits per heavy atom. The van der Waals surface area contributed by atoms with E-state index in [1.807, 2.05) is 33.8 Å². The Balaban J connectivity index is 1.50. The van der Waals surface area contributed by atoms with Gasteiger partial charge < -0.3 is 19.1 Å². The Morgan fingerprint density at radius 1 is 1.08 bits per heavy atom. The summed E-state index contributed by atoms with van der Waals surface area (Å²) in [4.78, 5) is 27.8. The van der Waals surface area contributed by atoms with E-state index in [1.165, 1.54) is 7.11 Å². The molecule has 0 bridgehead atoms. The van der Waals surface area contributed by atoms with E-state index >= 15 is 0 Å². The van der Waals surface area contributed by atoms with Crippen LogP contribution in [0.1, 0.15) is 90.5 Å². The molecule has 0 aliphatic heterocycles. The van der Waals surface area contributed by atoms with Crippen LogP contribution in [-0.2, 0) is 14.3 Å². The van der Waals surface area contributed by atoms with Crippen LogP contribution < -0.4 is 4.74 Å². The fourth-order valence-corrected chi connectivity index (χ4v) is 6.70. The maximum absolute atomic E-state index is 13.7. The second kappa shape index (κ2) is 14.0. The van der Waals surface area contributed by atoms with Gasteiger partial charge in [0.1, 0.15) is 11.4 Å². The second-order valence-corrected chi connectivity index (χ2v) is 13.1. The number of amides is 1. The molecule has 0 aromatic heterocycles. The van der Waals surface area contributed by atoms with Gasteiger partial charge in [-0.3, -0.25) is 4.79 Å². The van der Waals surface area contributed by atoms with E-state index in [2.05, 4.69) is 12.1 Å². The molecule has 2 aliphatic carbocycles. The number of halogens is 2. The molecule has 39 heavy (non-hydrogen) atoms. The highest BCUT2D eigenvalue weighted by molar-refractivity contribution is 8.00. The van der Waals surface area contributed by atoms with Gasteiger partial charge in [-0.1, -0.05) is 12.5 Å². The van der Waals surface area contributed by atoms with Gasteiger partial charge in [0.2, 0.25) is 5.92 Å². The van der Waals surface area contributed by atoms with E-state index in [0.717, 1.165) is 54.7 Å². The standard InChI is InChI=1S/C30H45F2NO5S/c1-21-12-13-26(39-25-11-9-10-23(25)27(34)36-5)24(20-21)37-19-8-6-7-18-33(28(35)38-29(2,3)4)22-14-16-30(31,32)17-15-22/h12-13,20,22-23,25H,6-11,14-19H2,1-5H3. The highest BCUT2D eigenvalue weighted by atomic mass is 32.2. The van der Waals surface area contributed by atoms with Crippen molar-refractivity contribution in [1.82, 2.24) is 4.90 Å². The van der Waals surface area contributed by atoms with E-state index in [-0.39, 0.29) is 36.0 Å². The number of carbonyl (C=O) groups is 2. The van der Waals surface area contributed by atoms with Crippen LogP contribution in [0.25, 0.3) is 0 Å². The summed E-state index contributed by atoms with van der Waals surface area (Å²) in [7, 11) is 1.45. The fraction of sp³-hybridized carbons (Fsp3) is 0.733. The third kappa shape index (κ3) is 9.83. The largest absolute Gasteiger partial charge is 0.492 e. The zero-order valence-electron chi connectivity index (χ0n) is 24.1. The van der Waals surface area contributed by atoms with Gasteiger partial charge >= 0.3 is 12.1 Å². The summed E-state index contributed by atoms with van der Waals surface area (Å²) in [5.41, 5.74) is 0.470. The molecule has 2 unspecified atom stereocenters. The monoisotopic (exact) mass is 569 g/mol. The predicted octanol–water partition coefficient (Wildman–Crippen LogP) is 7.79. The molecule has 0 N–H and O–H groups in total. The molecule has 1 aromatic carbocycles. The molecule has 0 heterocycles. The van der Waals surface area contributed by atoms with Crippen LogP contribution in [0.5, 0.6) is 5.75 Å². The summed E-state index contributed by atoms with van der Waals surface area (Å²) >= 11 is 1.70. The highest BCUT2D eigenvalue weighted by Gasteiger charge is 2.39. The minimum atomic E-state index is -2.64. The number of aryl methyl sites for hydroxylation is 1. The summed E-state index contributed by atoms with van der Waals surface area (Å²) < 4.78 is 44.2. The van der Waals surface area contributed by atoms with Gasteiger partial charge in [-0.25, -0.2) is 13.6 Å². The molecule has 0 radical (unpaired) electrons. The maximum atomic E-state index is 13.7. The van der Waals surface area contributed by atoms with Crippen molar-refractivity contribution in [3.8, 4) is 5.75 Å². The molecule has 9 heteroatoms. The van der Waals surface area contributed by atoms with Gasteiger partial charge in [-0.05, 0) is 90.3 Å². The normalized spacial score (nSPS) is 21.4. The lowest BCUT2D eigenvalue weighted by Crippen LogP contribution is -2.46. The van der Waals surface area contributed by atoms with Crippen molar-refractivity contribution in [2.45, 2.75) is 120 Å². The van der Waals surface area contributed by atoms with Gasteiger partial charge in [0, 0.05) is 35.6 Å². The summed E-state index contributed by atoms with van der Waals surface area (Å²) in [6.45, 7) is 8.48. The molecule has 3 rings (SSSR count). The smallest absolute Gasteiger partial charge is 0.410 e. The van der Waals surface area contributed by atoms with Crippen molar-refractivity contribution < 1.29 is 32.6 Å². The molecule has 2 atom stereocenters. The van der Waals surface area contributed by atoms with Crippen molar-refractivity contribution in [3.63, 3.8) is 0 Å². The molecule has 1 amide bonds. The Morgan fingerprint density at radius 2 is 1.79 bits per heavy atom. The summed E-state index contributed by atoms with van der Waals surface area (Å²) in [5, 5.41) is 0.182. The average Bonchev–Trinajstić information content (AvgIpc) is 3.32. The molecule has 2 saturated carbocycles. The number of hydrogen-bond donors (Lipinski definition) is 0. The predicted molar refractivity (Wildman–Crippen MR) is 150 cm³/mol. The Labute approximate surface area is 236 Å². The molecule has 220 valence electrons. The lowest BCUT2D eigenvalue weighted by Gasteiger charge is -2.37. The molecule has 1 aromatic rings. The minimum absolute atomic E-state index is 0.0857. The van der Waals surface area contributed by atoms with E-state index in [4.69, 9.17) is 14.2 Å². The van der Waals surface area contributed by atoms with E-state index in [1.54, 1.807) is 16.7 Å².